The lowest BCUT2D eigenvalue weighted by atomic mass is 9.94. The predicted molar refractivity (Wildman–Crippen MR) is 38.6 cm³/mol. The smallest absolute Gasteiger partial charge is 0.0522 e. The van der Waals surface area contributed by atoms with E-state index in [0.717, 1.165) is 19.3 Å². The zero-order valence-electron chi connectivity index (χ0n) is 5.80. The first-order chi connectivity index (χ1) is 4.86. The van der Waals surface area contributed by atoms with Gasteiger partial charge in [-0.15, -0.1) is 0 Å². The third-order valence-electron chi connectivity index (χ3n) is 2.05. The van der Waals surface area contributed by atoms with Gasteiger partial charge >= 0.3 is 0 Å². The molecule has 0 aromatic carbocycles. The summed E-state index contributed by atoms with van der Waals surface area (Å²) in [6.45, 7) is 0. The van der Waals surface area contributed by atoms with Crippen LogP contribution in [-0.4, -0.2) is 16.2 Å². The highest BCUT2D eigenvalue weighted by Crippen LogP contribution is 2.16. The Kier molecular flexibility index (Phi) is 1.24. The molecule has 1 aliphatic rings. The van der Waals surface area contributed by atoms with E-state index >= 15 is 0 Å². The Bertz CT molecular complexity index is 229. The second-order valence-electron chi connectivity index (χ2n) is 2.88. The van der Waals surface area contributed by atoms with Crippen LogP contribution in [0.5, 0.6) is 0 Å². The molecule has 1 heterocycles. The Hall–Kier alpha value is -0.830. The summed E-state index contributed by atoms with van der Waals surface area (Å²) in [6.07, 6.45) is 5.03. The number of H-pyrrole nitrogens is 1. The molecule has 1 aliphatic carbocycles. The van der Waals surface area contributed by atoms with Gasteiger partial charge in [-0.1, -0.05) is 0 Å². The van der Waals surface area contributed by atoms with E-state index in [1.807, 2.05) is 6.20 Å². The van der Waals surface area contributed by atoms with Crippen LogP contribution in [0.25, 0.3) is 0 Å². The molecule has 10 heavy (non-hydrogen) atoms. The van der Waals surface area contributed by atoms with Crippen LogP contribution in [0.1, 0.15) is 17.7 Å². The quantitative estimate of drug-likeness (QED) is 0.537. The van der Waals surface area contributed by atoms with Crippen molar-refractivity contribution >= 4 is 0 Å². The van der Waals surface area contributed by atoms with Gasteiger partial charge in [0.1, 0.15) is 0 Å². The number of aryl methyl sites for hydroxylation is 1. The number of hydrogen-bond acceptors (Lipinski definition) is 2. The molecule has 0 amide bonds. The molecule has 0 saturated carbocycles. The molecule has 3 N–H and O–H groups in total. The maximum atomic E-state index is 5.77. The van der Waals surface area contributed by atoms with Gasteiger partial charge in [0.25, 0.3) is 0 Å². The minimum atomic E-state index is 0.352. The summed E-state index contributed by atoms with van der Waals surface area (Å²) < 4.78 is 0. The van der Waals surface area contributed by atoms with E-state index < -0.39 is 0 Å². The number of nitrogens with one attached hydrogen (secondary N) is 1. The van der Waals surface area contributed by atoms with Gasteiger partial charge in [-0.2, -0.15) is 5.10 Å². The maximum Gasteiger partial charge on any atom is 0.0522 e. The van der Waals surface area contributed by atoms with Crippen molar-refractivity contribution in [3.63, 3.8) is 0 Å². The molecular weight excluding hydrogens is 126 g/mol. The average molecular weight is 137 g/mol. The van der Waals surface area contributed by atoms with Crippen molar-refractivity contribution in [2.24, 2.45) is 5.73 Å². The highest BCUT2D eigenvalue weighted by Gasteiger charge is 2.15. The highest BCUT2D eigenvalue weighted by atomic mass is 15.1. The third kappa shape index (κ3) is 0.827. The van der Waals surface area contributed by atoms with Crippen molar-refractivity contribution in [1.29, 1.82) is 0 Å². The van der Waals surface area contributed by atoms with Crippen molar-refractivity contribution in [1.82, 2.24) is 10.2 Å². The Labute approximate surface area is 59.6 Å². The van der Waals surface area contributed by atoms with Crippen molar-refractivity contribution in [3.05, 3.63) is 17.5 Å². The maximum absolute atomic E-state index is 5.77. The van der Waals surface area contributed by atoms with Crippen LogP contribution in [0, 0.1) is 0 Å². The molecular formula is C7H11N3. The number of aromatic nitrogens is 2. The van der Waals surface area contributed by atoms with Gasteiger partial charge < -0.3 is 5.73 Å². The standard InChI is InChI=1S/C7H11N3/c8-6-1-2-7-5(3-6)4-9-10-7/h4,6H,1-3,8H2,(H,9,10)/t6-/m1/s1. The molecule has 1 aromatic rings. The number of nitrogens with two attached hydrogens (primary N) is 1. The number of rotatable bonds is 0. The van der Waals surface area contributed by atoms with Crippen LogP contribution in [-0.2, 0) is 12.8 Å². The van der Waals surface area contributed by atoms with Crippen molar-refractivity contribution in [2.45, 2.75) is 25.3 Å². The monoisotopic (exact) mass is 137 g/mol. The van der Waals surface area contributed by atoms with Gasteiger partial charge in [0.15, 0.2) is 0 Å². The molecule has 0 fully saturated rings. The molecule has 1 atom stereocenters. The summed E-state index contributed by atoms with van der Waals surface area (Å²) in [5.41, 5.74) is 8.35. The van der Waals surface area contributed by atoms with Crippen LogP contribution in [0.4, 0.5) is 0 Å². The van der Waals surface area contributed by atoms with E-state index in [4.69, 9.17) is 5.73 Å². The van der Waals surface area contributed by atoms with E-state index in [1.54, 1.807) is 0 Å². The van der Waals surface area contributed by atoms with Crippen LogP contribution < -0.4 is 5.73 Å². The molecule has 1 aromatic heterocycles. The zero-order chi connectivity index (χ0) is 6.97. The van der Waals surface area contributed by atoms with Gasteiger partial charge in [0, 0.05) is 11.7 Å². The summed E-state index contributed by atoms with van der Waals surface area (Å²) in [6, 6.07) is 0.352. The Morgan fingerprint density at radius 1 is 1.70 bits per heavy atom. The van der Waals surface area contributed by atoms with Gasteiger partial charge in [0.2, 0.25) is 0 Å². The Balaban J connectivity index is 2.30. The molecule has 0 aliphatic heterocycles. The van der Waals surface area contributed by atoms with E-state index in [9.17, 15) is 0 Å². The van der Waals surface area contributed by atoms with Crippen molar-refractivity contribution in [3.8, 4) is 0 Å². The lowest BCUT2D eigenvalue weighted by Crippen LogP contribution is -2.27. The van der Waals surface area contributed by atoms with Gasteiger partial charge in [0.05, 0.1) is 6.20 Å². The Morgan fingerprint density at radius 3 is 3.50 bits per heavy atom. The lowest BCUT2D eigenvalue weighted by Gasteiger charge is -2.16. The molecule has 3 heteroatoms. The van der Waals surface area contributed by atoms with Gasteiger partial charge in [-0.25, -0.2) is 0 Å². The molecule has 2 rings (SSSR count). The van der Waals surface area contributed by atoms with Crippen LogP contribution in [0.3, 0.4) is 0 Å². The first-order valence-corrected chi connectivity index (χ1v) is 3.63. The second kappa shape index (κ2) is 2.09. The summed E-state index contributed by atoms with van der Waals surface area (Å²) in [5, 5.41) is 6.93. The SMILES string of the molecule is N[C@@H]1CCc2[nH]ncc2C1. The van der Waals surface area contributed by atoms with E-state index in [2.05, 4.69) is 10.2 Å². The fourth-order valence-electron chi connectivity index (χ4n) is 1.44. The largest absolute Gasteiger partial charge is 0.327 e. The third-order valence-corrected chi connectivity index (χ3v) is 2.05. The summed E-state index contributed by atoms with van der Waals surface area (Å²) in [7, 11) is 0. The normalized spacial score (nSPS) is 24.3. The fraction of sp³-hybridized carbons (Fsp3) is 0.571. The number of hydrogen-bond donors (Lipinski definition) is 2. The lowest BCUT2D eigenvalue weighted by molar-refractivity contribution is 0.571. The van der Waals surface area contributed by atoms with Crippen LogP contribution in [0.2, 0.25) is 0 Å². The Morgan fingerprint density at radius 2 is 2.60 bits per heavy atom. The number of fused-ring (bicyclic) bond motifs is 1. The first-order valence-electron chi connectivity index (χ1n) is 3.63. The van der Waals surface area contributed by atoms with E-state index in [0.29, 0.717) is 6.04 Å². The zero-order valence-corrected chi connectivity index (χ0v) is 5.80. The average Bonchev–Trinajstić information content (AvgIpc) is 2.33. The van der Waals surface area contributed by atoms with Gasteiger partial charge in [-0.3, -0.25) is 5.10 Å². The number of nitrogens with zero attached hydrogens (tertiary/aromatic N) is 1. The minimum Gasteiger partial charge on any atom is -0.327 e. The fourth-order valence-corrected chi connectivity index (χ4v) is 1.44. The van der Waals surface area contributed by atoms with E-state index in [1.165, 1.54) is 11.3 Å². The molecule has 54 valence electrons. The molecule has 0 unspecified atom stereocenters. The summed E-state index contributed by atoms with van der Waals surface area (Å²) in [5.74, 6) is 0. The highest BCUT2D eigenvalue weighted by molar-refractivity contribution is 5.20. The van der Waals surface area contributed by atoms with Crippen LogP contribution >= 0.6 is 0 Å². The molecule has 3 nitrogen and oxygen atoms in total. The molecule has 0 saturated heterocycles. The number of aromatic amines is 1. The topological polar surface area (TPSA) is 54.7 Å². The summed E-state index contributed by atoms with van der Waals surface area (Å²) in [4.78, 5) is 0. The predicted octanol–water partition coefficient (Wildman–Crippen LogP) is 0.226. The van der Waals surface area contributed by atoms with Crippen molar-refractivity contribution < 1.29 is 0 Å². The van der Waals surface area contributed by atoms with Crippen molar-refractivity contribution in [2.75, 3.05) is 0 Å². The van der Waals surface area contributed by atoms with E-state index in [-0.39, 0.29) is 0 Å². The van der Waals surface area contributed by atoms with Gasteiger partial charge in [-0.05, 0) is 24.8 Å². The minimum absolute atomic E-state index is 0.352. The van der Waals surface area contributed by atoms with Crippen LogP contribution in [0.15, 0.2) is 6.20 Å². The summed E-state index contributed by atoms with van der Waals surface area (Å²) >= 11 is 0. The molecule has 0 bridgehead atoms. The first kappa shape index (κ1) is 5.92. The molecule has 0 radical (unpaired) electrons. The molecule has 0 spiro atoms. The second-order valence-corrected chi connectivity index (χ2v) is 2.88.